The minimum absolute atomic E-state index is 0.132. The van der Waals surface area contributed by atoms with Gasteiger partial charge < -0.3 is 20.1 Å². The Morgan fingerprint density at radius 2 is 2.04 bits per heavy atom. The summed E-state index contributed by atoms with van der Waals surface area (Å²) in [5, 5.41) is 12.4. The molecule has 1 saturated heterocycles. The van der Waals surface area contributed by atoms with Gasteiger partial charge in [0.1, 0.15) is 17.3 Å². The van der Waals surface area contributed by atoms with E-state index < -0.39 is 6.10 Å². The maximum Gasteiger partial charge on any atom is 0.321 e. The summed E-state index contributed by atoms with van der Waals surface area (Å²) in [6.45, 7) is 2.95. The van der Waals surface area contributed by atoms with Crippen LogP contribution in [0.15, 0.2) is 48.5 Å². The highest BCUT2D eigenvalue weighted by atomic mass is 19.1. The van der Waals surface area contributed by atoms with Gasteiger partial charge in [-0.1, -0.05) is 6.07 Å². The molecule has 1 aliphatic heterocycles. The third-order valence-electron chi connectivity index (χ3n) is 4.33. The zero-order valence-corrected chi connectivity index (χ0v) is 14.0. The molecule has 25 heavy (non-hydrogen) atoms. The molecule has 0 spiro atoms. The molecule has 132 valence electrons. The molecule has 0 bridgehead atoms. The number of anilines is 1. The predicted octanol–water partition coefficient (Wildman–Crippen LogP) is 3.85. The molecule has 0 saturated carbocycles. The number of amides is 2. The fourth-order valence-electron chi connectivity index (χ4n) is 2.84. The first-order valence-electron chi connectivity index (χ1n) is 8.29. The zero-order valence-electron chi connectivity index (χ0n) is 14.0. The van der Waals surface area contributed by atoms with Crippen molar-refractivity contribution in [3.8, 4) is 11.5 Å². The van der Waals surface area contributed by atoms with Gasteiger partial charge in [0.05, 0.1) is 6.10 Å². The van der Waals surface area contributed by atoms with Crippen LogP contribution >= 0.6 is 0 Å². The quantitative estimate of drug-likeness (QED) is 0.885. The Morgan fingerprint density at radius 1 is 1.28 bits per heavy atom. The van der Waals surface area contributed by atoms with Gasteiger partial charge in [-0.05, 0) is 49.7 Å². The molecular formula is C19H21FN2O3. The summed E-state index contributed by atoms with van der Waals surface area (Å²) in [5.41, 5.74) is 0.650. The number of rotatable bonds is 4. The fourth-order valence-corrected chi connectivity index (χ4v) is 2.84. The number of hydrogen-bond acceptors (Lipinski definition) is 3. The van der Waals surface area contributed by atoms with Crippen molar-refractivity contribution in [1.29, 1.82) is 0 Å². The van der Waals surface area contributed by atoms with Gasteiger partial charge in [0.15, 0.2) is 0 Å². The number of aliphatic hydroxyl groups excluding tert-OH is 1. The summed E-state index contributed by atoms with van der Waals surface area (Å²) in [5.74, 6) is 0.743. The van der Waals surface area contributed by atoms with Crippen molar-refractivity contribution in [1.82, 2.24) is 4.90 Å². The van der Waals surface area contributed by atoms with E-state index in [4.69, 9.17) is 4.74 Å². The molecule has 2 amide bonds. The van der Waals surface area contributed by atoms with Crippen molar-refractivity contribution >= 4 is 11.7 Å². The molecule has 1 aliphatic rings. The van der Waals surface area contributed by atoms with Crippen LogP contribution in [0.3, 0.4) is 0 Å². The van der Waals surface area contributed by atoms with Crippen molar-refractivity contribution in [3.63, 3.8) is 0 Å². The van der Waals surface area contributed by atoms with Crippen LogP contribution < -0.4 is 10.1 Å². The second kappa shape index (κ2) is 7.53. The van der Waals surface area contributed by atoms with E-state index >= 15 is 0 Å². The topological polar surface area (TPSA) is 61.8 Å². The highest BCUT2D eigenvalue weighted by Gasteiger charge is 2.28. The Labute approximate surface area is 146 Å². The Balaban J connectivity index is 1.56. The lowest BCUT2D eigenvalue weighted by Gasteiger charge is -2.18. The largest absolute Gasteiger partial charge is 0.457 e. The normalized spacial score (nSPS) is 18.0. The smallest absolute Gasteiger partial charge is 0.321 e. The van der Waals surface area contributed by atoms with Gasteiger partial charge in [0.25, 0.3) is 0 Å². The first-order chi connectivity index (χ1) is 12.0. The van der Waals surface area contributed by atoms with Crippen LogP contribution in [0.5, 0.6) is 11.5 Å². The van der Waals surface area contributed by atoms with Gasteiger partial charge in [-0.25, -0.2) is 9.18 Å². The monoisotopic (exact) mass is 344 g/mol. The van der Waals surface area contributed by atoms with E-state index in [1.807, 2.05) is 0 Å². The Bertz CT molecular complexity index is 734. The number of carbonyl (C=O) groups excluding carboxylic acids is 1. The van der Waals surface area contributed by atoms with Gasteiger partial charge in [0.2, 0.25) is 0 Å². The van der Waals surface area contributed by atoms with Crippen LogP contribution in [0.4, 0.5) is 14.9 Å². The fraction of sp³-hybridized carbons (Fsp3) is 0.316. The van der Waals surface area contributed by atoms with E-state index in [0.29, 0.717) is 30.3 Å². The Morgan fingerprint density at radius 3 is 2.68 bits per heavy atom. The first kappa shape index (κ1) is 17.2. The van der Waals surface area contributed by atoms with Crippen molar-refractivity contribution < 1.29 is 19.0 Å². The number of likely N-dealkylation sites (tertiary alicyclic amines) is 1. The highest BCUT2D eigenvalue weighted by Crippen LogP contribution is 2.24. The van der Waals surface area contributed by atoms with Crippen LogP contribution in [0.2, 0.25) is 0 Å². The summed E-state index contributed by atoms with van der Waals surface area (Å²) in [7, 11) is 0. The molecule has 1 fully saturated rings. The zero-order chi connectivity index (χ0) is 17.8. The van der Waals surface area contributed by atoms with Gasteiger partial charge in [0, 0.05) is 30.8 Å². The van der Waals surface area contributed by atoms with Crippen LogP contribution in [-0.4, -0.2) is 35.2 Å². The Kier molecular flexibility index (Phi) is 5.19. The number of hydrogen-bond donors (Lipinski definition) is 2. The second-order valence-corrected chi connectivity index (χ2v) is 6.25. The van der Waals surface area contributed by atoms with Gasteiger partial charge in [-0.15, -0.1) is 0 Å². The van der Waals surface area contributed by atoms with Gasteiger partial charge in [-0.2, -0.15) is 0 Å². The SMILES string of the molecule is C[C@@H](O)[C@H]1CCN(C(=O)Nc2ccc(Oc3cccc(F)c3)cc2)C1. The maximum atomic E-state index is 13.2. The molecule has 0 unspecified atom stereocenters. The molecule has 1 heterocycles. The lowest BCUT2D eigenvalue weighted by molar-refractivity contribution is 0.130. The van der Waals surface area contributed by atoms with E-state index in [2.05, 4.69) is 5.32 Å². The van der Waals surface area contributed by atoms with Crippen LogP contribution in [-0.2, 0) is 0 Å². The van der Waals surface area contributed by atoms with Crippen LogP contribution in [0.25, 0.3) is 0 Å². The molecule has 0 radical (unpaired) electrons. The minimum Gasteiger partial charge on any atom is -0.457 e. The molecule has 2 aromatic rings. The minimum atomic E-state index is -0.406. The van der Waals surface area contributed by atoms with Crippen LogP contribution in [0, 0.1) is 11.7 Å². The van der Waals surface area contributed by atoms with E-state index in [0.717, 1.165) is 6.42 Å². The highest BCUT2D eigenvalue weighted by molar-refractivity contribution is 5.89. The molecule has 2 N–H and O–H groups in total. The number of ether oxygens (including phenoxy) is 1. The number of carbonyl (C=O) groups is 1. The number of aliphatic hydroxyl groups is 1. The average Bonchev–Trinajstić information content (AvgIpc) is 3.07. The summed E-state index contributed by atoms with van der Waals surface area (Å²) in [6.07, 6.45) is 0.406. The molecule has 3 rings (SSSR count). The van der Waals surface area contributed by atoms with Crippen molar-refractivity contribution in [2.45, 2.75) is 19.4 Å². The van der Waals surface area contributed by atoms with Gasteiger partial charge >= 0.3 is 6.03 Å². The number of nitrogens with zero attached hydrogens (tertiary/aromatic N) is 1. The molecule has 0 aromatic heterocycles. The summed E-state index contributed by atoms with van der Waals surface area (Å²) >= 11 is 0. The second-order valence-electron chi connectivity index (χ2n) is 6.25. The molecule has 2 atom stereocenters. The summed E-state index contributed by atoms with van der Waals surface area (Å²) in [6, 6.07) is 12.6. The predicted molar refractivity (Wildman–Crippen MR) is 93.3 cm³/mol. The molecule has 6 heteroatoms. The number of benzene rings is 2. The number of nitrogens with one attached hydrogen (secondary N) is 1. The lowest BCUT2D eigenvalue weighted by atomic mass is 10.0. The molecule has 5 nitrogen and oxygen atoms in total. The Hall–Kier alpha value is -2.60. The molecule has 0 aliphatic carbocycles. The maximum absolute atomic E-state index is 13.2. The van der Waals surface area contributed by atoms with Crippen molar-refractivity contribution in [2.24, 2.45) is 5.92 Å². The van der Waals surface area contributed by atoms with Gasteiger partial charge in [-0.3, -0.25) is 0 Å². The standard InChI is InChI=1S/C19H21FN2O3/c1-13(23)14-9-10-22(12-14)19(24)21-16-5-7-17(8-6-16)25-18-4-2-3-15(20)11-18/h2-8,11,13-14,23H,9-10,12H2,1H3,(H,21,24)/t13-,14+/m1/s1. The number of halogens is 1. The van der Waals surface area contributed by atoms with Crippen LogP contribution in [0.1, 0.15) is 13.3 Å². The molecule has 2 aromatic carbocycles. The molecular weight excluding hydrogens is 323 g/mol. The van der Waals surface area contributed by atoms with E-state index in [1.54, 1.807) is 48.2 Å². The first-order valence-corrected chi connectivity index (χ1v) is 8.29. The van der Waals surface area contributed by atoms with E-state index in [-0.39, 0.29) is 17.8 Å². The third kappa shape index (κ3) is 4.48. The number of urea groups is 1. The lowest BCUT2D eigenvalue weighted by Crippen LogP contribution is -2.34. The van der Waals surface area contributed by atoms with E-state index in [9.17, 15) is 14.3 Å². The third-order valence-corrected chi connectivity index (χ3v) is 4.33. The summed E-state index contributed by atoms with van der Waals surface area (Å²) in [4.78, 5) is 14.0. The average molecular weight is 344 g/mol. The van der Waals surface area contributed by atoms with Crippen molar-refractivity contribution in [2.75, 3.05) is 18.4 Å². The van der Waals surface area contributed by atoms with E-state index in [1.165, 1.54) is 12.1 Å². The summed E-state index contributed by atoms with van der Waals surface area (Å²) < 4.78 is 18.7. The van der Waals surface area contributed by atoms with Crippen molar-refractivity contribution in [3.05, 3.63) is 54.3 Å².